The predicted molar refractivity (Wildman–Crippen MR) is 87.2 cm³/mol. The van der Waals surface area contributed by atoms with Gasteiger partial charge in [0.1, 0.15) is 0 Å². The molecule has 1 aromatic heterocycles. The third-order valence-corrected chi connectivity index (χ3v) is 4.08. The van der Waals surface area contributed by atoms with Gasteiger partial charge < -0.3 is 10.1 Å². The van der Waals surface area contributed by atoms with Crippen LogP contribution in [0, 0.1) is 0 Å². The number of aryl methyl sites for hydroxylation is 2. The van der Waals surface area contributed by atoms with E-state index in [4.69, 9.17) is 4.74 Å². The molecular formula is C18H20N2O2. The molecule has 114 valence electrons. The summed E-state index contributed by atoms with van der Waals surface area (Å²) in [6.07, 6.45) is 3.03. The van der Waals surface area contributed by atoms with Crippen molar-refractivity contribution < 1.29 is 9.53 Å². The van der Waals surface area contributed by atoms with Crippen molar-refractivity contribution in [1.82, 2.24) is 4.98 Å². The first-order valence-electron chi connectivity index (χ1n) is 7.68. The molecule has 0 saturated heterocycles. The van der Waals surface area contributed by atoms with Crippen molar-refractivity contribution in [3.05, 3.63) is 47.2 Å². The van der Waals surface area contributed by atoms with Crippen LogP contribution in [-0.2, 0) is 17.6 Å². The van der Waals surface area contributed by atoms with Gasteiger partial charge in [-0.15, -0.1) is 0 Å². The van der Waals surface area contributed by atoms with E-state index in [0.29, 0.717) is 5.69 Å². The van der Waals surface area contributed by atoms with Gasteiger partial charge in [0.15, 0.2) is 5.69 Å². The van der Waals surface area contributed by atoms with Crippen LogP contribution in [0.2, 0.25) is 0 Å². The normalized spacial score (nSPS) is 13.2. The van der Waals surface area contributed by atoms with Crippen molar-refractivity contribution in [1.29, 1.82) is 0 Å². The number of pyridine rings is 1. The maximum absolute atomic E-state index is 11.9. The van der Waals surface area contributed by atoms with Gasteiger partial charge in [-0.3, -0.25) is 0 Å². The van der Waals surface area contributed by atoms with Crippen LogP contribution in [0.25, 0.3) is 11.3 Å². The van der Waals surface area contributed by atoms with Crippen LogP contribution < -0.4 is 5.32 Å². The number of carbonyl (C=O) groups is 1. The predicted octanol–water partition coefficient (Wildman–Crippen LogP) is 3.46. The Hall–Kier alpha value is -2.36. The number of nitrogens with one attached hydrogen (secondary N) is 1. The largest absolute Gasteiger partial charge is 0.464 e. The zero-order valence-corrected chi connectivity index (χ0v) is 13.0. The molecule has 1 aliphatic heterocycles. The van der Waals surface area contributed by atoms with E-state index in [9.17, 15) is 4.79 Å². The lowest BCUT2D eigenvalue weighted by Crippen LogP contribution is -2.12. The van der Waals surface area contributed by atoms with Crippen LogP contribution in [0.15, 0.2) is 30.3 Å². The first-order valence-corrected chi connectivity index (χ1v) is 7.68. The molecule has 1 aromatic carbocycles. The van der Waals surface area contributed by atoms with Gasteiger partial charge in [-0.25, -0.2) is 9.78 Å². The highest BCUT2D eigenvalue weighted by Gasteiger charge is 2.15. The third-order valence-electron chi connectivity index (χ3n) is 4.08. The molecule has 0 spiro atoms. The number of methoxy groups -OCH3 is 1. The molecule has 2 heterocycles. The summed E-state index contributed by atoms with van der Waals surface area (Å²) in [6.45, 7) is 3.01. The molecule has 4 heteroatoms. The smallest absolute Gasteiger partial charge is 0.356 e. The lowest BCUT2D eigenvalue weighted by molar-refractivity contribution is 0.0593. The average Bonchev–Trinajstić information content (AvgIpc) is 2.60. The first-order chi connectivity index (χ1) is 10.7. The number of ether oxygens (including phenoxy) is 1. The Morgan fingerprint density at radius 3 is 2.95 bits per heavy atom. The average molecular weight is 296 g/mol. The van der Waals surface area contributed by atoms with E-state index in [2.05, 4.69) is 28.5 Å². The zero-order chi connectivity index (χ0) is 15.5. The maximum Gasteiger partial charge on any atom is 0.356 e. The number of nitrogens with zero attached hydrogens (tertiary/aromatic N) is 1. The third kappa shape index (κ3) is 2.69. The Morgan fingerprint density at radius 2 is 2.18 bits per heavy atom. The summed E-state index contributed by atoms with van der Waals surface area (Å²) in [4.78, 5) is 16.4. The van der Waals surface area contributed by atoms with Gasteiger partial charge >= 0.3 is 5.97 Å². The standard InChI is InChI=1S/C18H20N2O2/c1-3-12-8-9-15(20-17(12)18(21)22-2)14-7-6-13-5-4-10-19-16(13)11-14/h6-9,11,19H,3-5,10H2,1-2H3. The van der Waals surface area contributed by atoms with Crippen LogP contribution in [-0.4, -0.2) is 24.6 Å². The van der Waals surface area contributed by atoms with Gasteiger partial charge in [0.25, 0.3) is 0 Å². The summed E-state index contributed by atoms with van der Waals surface area (Å²) >= 11 is 0. The number of hydrogen-bond acceptors (Lipinski definition) is 4. The quantitative estimate of drug-likeness (QED) is 0.881. The highest BCUT2D eigenvalue weighted by Crippen LogP contribution is 2.28. The van der Waals surface area contributed by atoms with E-state index >= 15 is 0 Å². The van der Waals surface area contributed by atoms with Gasteiger partial charge in [0.05, 0.1) is 12.8 Å². The zero-order valence-electron chi connectivity index (χ0n) is 13.0. The molecule has 1 N–H and O–H groups in total. The van der Waals surface area contributed by atoms with Crippen molar-refractivity contribution >= 4 is 11.7 Å². The van der Waals surface area contributed by atoms with E-state index in [-0.39, 0.29) is 5.97 Å². The molecular weight excluding hydrogens is 276 g/mol. The Kier molecular flexibility index (Phi) is 4.09. The fraction of sp³-hybridized carbons (Fsp3) is 0.333. The van der Waals surface area contributed by atoms with E-state index in [0.717, 1.165) is 36.2 Å². The number of benzene rings is 1. The molecule has 22 heavy (non-hydrogen) atoms. The number of esters is 1. The number of rotatable bonds is 3. The molecule has 4 nitrogen and oxygen atoms in total. The van der Waals surface area contributed by atoms with Crippen LogP contribution >= 0.6 is 0 Å². The first kappa shape index (κ1) is 14.6. The Bertz CT molecular complexity index is 710. The van der Waals surface area contributed by atoms with Crippen molar-refractivity contribution in [2.75, 3.05) is 19.0 Å². The van der Waals surface area contributed by atoms with E-state index < -0.39 is 0 Å². The molecule has 0 amide bonds. The maximum atomic E-state index is 11.9. The minimum atomic E-state index is -0.380. The molecule has 0 radical (unpaired) electrons. The summed E-state index contributed by atoms with van der Waals surface area (Å²) < 4.78 is 4.85. The molecule has 0 unspecified atom stereocenters. The second-order valence-electron chi connectivity index (χ2n) is 5.45. The summed E-state index contributed by atoms with van der Waals surface area (Å²) in [6, 6.07) is 10.3. The molecule has 0 aliphatic carbocycles. The monoisotopic (exact) mass is 296 g/mol. The topological polar surface area (TPSA) is 51.2 Å². The van der Waals surface area contributed by atoms with Crippen molar-refractivity contribution in [3.63, 3.8) is 0 Å². The molecule has 2 aromatic rings. The molecule has 1 aliphatic rings. The van der Waals surface area contributed by atoms with E-state index in [1.165, 1.54) is 24.8 Å². The fourth-order valence-corrected chi connectivity index (χ4v) is 2.83. The summed E-state index contributed by atoms with van der Waals surface area (Å²) in [5, 5.41) is 3.42. The summed E-state index contributed by atoms with van der Waals surface area (Å²) in [5.74, 6) is -0.380. The van der Waals surface area contributed by atoms with E-state index in [1.807, 2.05) is 19.1 Å². The van der Waals surface area contributed by atoms with Crippen LogP contribution in [0.1, 0.15) is 35.0 Å². The molecule has 0 atom stereocenters. The number of hydrogen-bond donors (Lipinski definition) is 1. The van der Waals surface area contributed by atoms with E-state index in [1.54, 1.807) is 0 Å². The Morgan fingerprint density at radius 1 is 1.32 bits per heavy atom. The summed E-state index contributed by atoms with van der Waals surface area (Å²) in [5.41, 5.74) is 5.65. The van der Waals surface area contributed by atoms with Crippen LogP contribution in [0.4, 0.5) is 5.69 Å². The minimum Gasteiger partial charge on any atom is -0.464 e. The van der Waals surface area contributed by atoms with Gasteiger partial charge in [-0.2, -0.15) is 0 Å². The summed E-state index contributed by atoms with van der Waals surface area (Å²) in [7, 11) is 1.39. The lowest BCUT2D eigenvalue weighted by Gasteiger charge is -2.18. The van der Waals surface area contributed by atoms with Crippen molar-refractivity contribution in [2.45, 2.75) is 26.2 Å². The SMILES string of the molecule is CCc1ccc(-c2ccc3c(c2)NCCC3)nc1C(=O)OC. The number of aromatic nitrogens is 1. The molecule has 3 rings (SSSR count). The Labute approximate surface area is 130 Å². The van der Waals surface area contributed by atoms with Crippen LogP contribution in [0.5, 0.6) is 0 Å². The lowest BCUT2D eigenvalue weighted by atomic mass is 9.99. The number of carbonyl (C=O) groups excluding carboxylic acids is 1. The number of anilines is 1. The van der Waals surface area contributed by atoms with Gasteiger partial charge in [-0.05, 0) is 42.5 Å². The van der Waals surface area contributed by atoms with Crippen LogP contribution in [0.3, 0.4) is 0 Å². The van der Waals surface area contributed by atoms with Crippen molar-refractivity contribution in [2.24, 2.45) is 0 Å². The molecule has 0 saturated carbocycles. The second-order valence-corrected chi connectivity index (χ2v) is 5.45. The fourth-order valence-electron chi connectivity index (χ4n) is 2.83. The Balaban J connectivity index is 2.03. The number of fused-ring (bicyclic) bond motifs is 1. The van der Waals surface area contributed by atoms with Gasteiger partial charge in [0, 0.05) is 17.8 Å². The second kappa shape index (κ2) is 6.18. The molecule has 0 bridgehead atoms. The highest BCUT2D eigenvalue weighted by molar-refractivity contribution is 5.89. The van der Waals surface area contributed by atoms with Gasteiger partial charge in [0.2, 0.25) is 0 Å². The highest BCUT2D eigenvalue weighted by atomic mass is 16.5. The van der Waals surface area contributed by atoms with Crippen molar-refractivity contribution in [3.8, 4) is 11.3 Å². The minimum absolute atomic E-state index is 0.380. The van der Waals surface area contributed by atoms with Gasteiger partial charge in [-0.1, -0.05) is 25.1 Å². The molecule has 0 fully saturated rings.